The van der Waals surface area contributed by atoms with Crippen LogP contribution < -0.4 is 9.80 Å². The minimum atomic E-state index is 0.232. The summed E-state index contributed by atoms with van der Waals surface area (Å²) in [6.07, 6.45) is 6.58. The maximum Gasteiger partial charge on any atom is 0.107 e. The minimum absolute atomic E-state index is 0.232. The largest absolute Gasteiger partial charge is 0.325 e. The van der Waals surface area contributed by atoms with Crippen LogP contribution >= 0.6 is 0 Å². The zero-order valence-electron chi connectivity index (χ0n) is 15.5. The maximum absolute atomic E-state index is 4.66. The van der Waals surface area contributed by atoms with Gasteiger partial charge in [-0.25, -0.2) is 0 Å². The van der Waals surface area contributed by atoms with E-state index in [0.29, 0.717) is 5.92 Å². The molecule has 0 saturated carbocycles. The number of aromatic nitrogens is 1. The van der Waals surface area contributed by atoms with Crippen LogP contribution in [0.1, 0.15) is 49.1 Å². The van der Waals surface area contributed by atoms with Crippen LogP contribution in [0.2, 0.25) is 0 Å². The van der Waals surface area contributed by atoms with Gasteiger partial charge in [-0.05, 0) is 56.4 Å². The van der Waals surface area contributed by atoms with Crippen LogP contribution in [0.3, 0.4) is 0 Å². The highest BCUT2D eigenvalue weighted by atomic mass is 15.4. The van der Waals surface area contributed by atoms with Crippen molar-refractivity contribution in [2.45, 2.75) is 53.6 Å². The highest BCUT2D eigenvalue weighted by Crippen LogP contribution is 2.34. The van der Waals surface area contributed by atoms with Gasteiger partial charge < -0.3 is 9.80 Å². The standard InChI is InChI=1S/C21H27N3/c1-14(2)19-12-17(5)20(13-22-19)23-10-11-24(18(23)6)21-15(3)8-7-9-16(21)4/h7-14,18H,1-6H3. The average Bonchev–Trinajstić information content (AvgIpc) is 2.89. The molecule has 0 radical (unpaired) electrons. The first-order valence-electron chi connectivity index (χ1n) is 8.68. The number of nitrogens with zero attached hydrogens (tertiary/aromatic N) is 3. The zero-order valence-corrected chi connectivity index (χ0v) is 15.5. The molecule has 0 spiro atoms. The molecule has 0 fully saturated rings. The van der Waals surface area contributed by atoms with Crippen molar-refractivity contribution in [1.29, 1.82) is 0 Å². The normalized spacial score (nSPS) is 17.2. The molecule has 0 saturated heterocycles. The topological polar surface area (TPSA) is 19.4 Å². The molecule has 0 bridgehead atoms. The maximum atomic E-state index is 4.66. The predicted octanol–water partition coefficient (Wildman–Crippen LogP) is 5.27. The summed E-state index contributed by atoms with van der Waals surface area (Å²) in [5.41, 5.74) is 7.51. The van der Waals surface area contributed by atoms with Crippen LogP contribution in [0.25, 0.3) is 0 Å². The van der Waals surface area contributed by atoms with Gasteiger partial charge in [-0.1, -0.05) is 32.0 Å². The second-order valence-corrected chi connectivity index (χ2v) is 7.04. The second kappa shape index (κ2) is 6.31. The molecule has 1 aliphatic rings. The van der Waals surface area contributed by atoms with Crippen molar-refractivity contribution in [3.63, 3.8) is 0 Å². The number of benzene rings is 1. The van der Waals surface area contributed by atoms with Gasteiger partial charge in [0.15, 0.2) is 0 Å². The highest BCUT2D eigenvalue weighted by molar-refractivity contribution is 5.67. The number of hydrogen-bond acceptors (Lipinski definition) is 3. The Balaban J connectivity index is 1.93. The van der Waals surface area contributed by atoms with Crippen LogP contribution in [0.4, 0.5) is 11.4 Å². The molecule has 3 rings (SSSR count). The summed E-state index contributed by atoms with van der Waals surface area (Å²) in [6.45, 7) is 13.1. The Bertz CT molecular complexity index is 756. The highest BCUT2D eigenvalue weighted by Gasteiger charge is 2.27. The fourth-order valence-corrected chi connectivity index (χ4v) is 3.44. The molecule has 0 aliphatic carbocycles. The van der Waals surface area contributed by atoms with Gasteiger partial charge in [0.1, 0.15) is 6.17 Å². The van der Waals surface area contributed by atoms with Gasteiger partial charge in [-0.15, -0.1) is 0 Å². The second-order valence-electron chi connectivity index (χ2n) is 7.04. The molecule has 24 heavy (non-hydrogen) atoms. The van der Waals surface area contributed by atoms with Gasteiger partial charge in [0, 0.05) is 23.8 Å². The van der Waals surface area contributed by atoms with E-state index in [-0.39, 0.29) is 6.17 Å². The Morgan fingerprint density at radius 1 is 0.958 bits per heavy atom. The van der Waals surface area contributed by atoms with E-state index in [0.717, 1.165) is 5.69 Å². The Kier molecular flexibility index (Phi) is 4.35. The zero-order chi connectivity index (χ0) is 17.4. The van der Waals surface area contributed by atoms with Crippen LogP contribution in [0, 0.1) is 20.8 Å². The fourth-order valence-electron chi connectivity index (χ4n) is 3.44. The average molecular weight is 321 g/mol. The molecule has 3 heteroatoms. The van der Waals surface area contributed by atoms with E-state index in [2.05, 4.69) is 93.0 Å². The molecular formula is C21H27N3. The van der Waals surface area contributed by atoms with E-state index in [1.165, 1.54) is 28.1 Å². The lowest BCUT2D eigenvalue weighted by Crippen LogP contribution is -2.37. The monoisotopic (exact) mass is 321 g/mol. The number of para-hydroxylation sites is 1. The Labute approximate surface area is 145 Å². The molecule has 0 amide bonds. The van der Waals surface area contributed by atoms with Crippen molar-refractivity contribution in [2.75, 3.05) is 9.80 Å². The molecule has 1 atom stereocenters. The third-order valence-electron chi connectivity index (χ3n) is 4.86. The van der Waals surface area contributed by atoms with Gasteiger partial charge in [-0.2, -0.15) is 0 Å². The summed E-state index contributed by atoms with van der Waals surface area (Å²) >= 11 is 0. The SMILES string of the molecule is Cc1cc(C(C)C)ncc1N1C=CN(c2c(C)cccc2C)C1C. The van der Waals surface area contributed by atoms with Crippen molar-refractivity contribution in [3.8, 4) is 0 Å². The van der Waals surface area contributed by atoms with Crippen molar-refractivity contribution in [2.24, 2.45) is 0 Å². The van der Waals surface area contributed by atoms with E-state index in [4.69, 9.17) is 0 Å². The van der Waals surface area contributed by atoms with E-state index in [1.807, 2.05) is 6.20 Å². The molecule has 2 heterocycles. The van der Waals surface area contributed by atoms with Gasteiger partial charge in [0.05, 0.1) is 11.9 Å². The Hall–Kier alpha value is -2.29. The van der Waals surface area contributed by atoms with Gasteiger partial charge >= 0.3 is 0 Å². The van der Waals surface area contributed by atoms with Crippen molar-refractivity contribution >= 4 is 11.4 Å². The quantitative estimate of drug-likeness (QED) is 0.767. The molecule has 0 N–H and O–H groups in total. The summed E-state index contributed by atoms with van der Waals surface area (Å²) in [5, 5.41) is 0. The molecule has 1 aromatic carbocycles. The van der Waals surface area contributed by atoms with Crippen LogP contribution in [-0.2, 0) is 0 Å². The summed E-state index contributed by atoms with van der Waals surface area (Å²) in [4.78, 5) is 9.31. The molecule has 2 aromatic rings. The first-order chi connectivity index (χ1) is 11.4. The molecule has 126 valence electrons. The molecular weight excluding hydrogens is 294 g/mol. The van der Waals surface area contributed by atoms with Crippen LogP contribution in [0.15, 0.2) is 42.9 Å². The van der Waals surface area contributed by atoms with Crippen LogP contribution in [0.5, 0.6) is 0 Å². The van der Waals surface area contributed by atoms with Gasteiger partial charge in [0.25, 0.3) is 0 Å². The molecule has 1 aliphatic heterocycles. The van der Waals surface area contributed by atoms with E-state index in [9.17, 15) is 0 Å². The van der Waals surface area contributed by atoms with E-state index >= 15 is 0 Å². The third kappa shape index (κ3) is 2.79. The van der Waals surface area contributed by atoms with E-state index < -0.39 is 0 Å². The molecule has 1 unspecified atom stereocenters. The Morgan fingerprint density at radius 2 is 1.58 bits per heavy atom. The smallest absolute Gasteiger partial charge is 0.107 e. The summed E-state index contributed by atoms with van der Waals surface area (Å²) in [6, 6.07) is 8.68. The van der Waals surface area contributed by atoms with Gasteiger partial charge in [0.2, 0.25) is 0 Å². The molecule has 1 aromatic heterocycles. The number of rotatable bonds is 3. The number of hydrogen-bond donors (Lipinski definition) is 0. The fraction of sp³-hybridized carbons (Fsp3) is 0.381. The van der Waals surface area contributed by atoms with Crippen molar-refractivity contribution in [1.82, 2.24) is 4.98 Å². The third-order valence-corrected chi connectivity index (χ3v) is 4.86. The Morgan fingerprint density at radius 3 is 2.17 bits per heavy atom. The number of anilines is 2. The van der Waals surface area contributed by atoms with Crippen molar-refractivity contribution in [3.05, 3.63) is 65.2 Å². The first-order valence-corrected chi connectivity index (χ1v) is 8.68. The number of pyridine rings is 1. The lowest BCUT2D eigenvalue weighted by atomic mass is 10.1. The van der Waals surface area contributed by atoms with Crippen molar-refractivity contribution < 1.29 is 0 Å². The van der Waals surface area contributed by atoms with Crippen LogP contribution in [-0.4, -0.2) is 11.1 Å². The molecule has 3 nitrogen and oxygen atoms in total. The van der Waals surface area contributed by atoms with E-state index in [1.54, 1.807) is 0 Å². The minimum Gasteiger partial charge on any atom is -0.325 e. The predicted molar refractivity (Wildman–Crippen MR) is 103 cm³/mol. The first kappa shape index (κ1) is 16.6. The lowest BCUT2D eigenvalue weighted by Gasteiger charge is -2.32. The lowest BCUT2D eigenvalue weighted by molar-refractivity contribution is 0.740. The number of aryl methyl sites for hydroxylation is 3. The summed E-state index contributed by atoms with van der Waals surface area (Å²) in [5.74, 6) is 0.454. The summed E-state index contributed by atoms with van der Waals surface area (Å²) in [7, 11) is 0. The van der Waals surface area contributed by atoms with Gasteiger partial charge in [-0.3, -0.25) is 4.98 Å². The summed E-state index contributed by atoms with van der Waals surface area (Å²) < 4.78 is 0.